The van der Waals surface area contributed by atoms with E-state index in [4.69, 9.17) is 24.8 Å². The highest BCUT2D eigenvalue weighted by molar-refractivity contribution is 5.95. The summed E-state index contributed by atoms with van der Waals surface area (Å²) in [5.41, 5.74) is 8.72. The summed E-state index contributed by atoms with van der Waals surface area (Å²) in [5, 5.41) is 7.37. The van der Waals surface area contributed by atoms with Gasteiger partial charge in [0.1, 0.15) is 17.9 Å². The Kier molecular flexibility index (Phi) is 8.27. The Morgan fingerprint density at radius 1 is 1.17 bits per heavy atom. The summed E-state index contributed by atoms with van der Waals surface area (Å²) in [5.74, 6) is -0.0340. The van der Waals surface area contributed by atoms with Crippen LogP contribution in [0.4, 0.5) is 8.78 Å². The van der Waals surface area contributed by atoms with Gasteiger partial charge in [0.2, 0.25) is 0 Å². The van der Waals surface area contributed by atoms with Crippen LogP contribution in [0.5, 0.6) is 5.75 Å². The Balaban J connectivity index is 0.00000108. The first kappa shape index (κ1) is 25.5. The number of hydrogen-bond acceptors (Lipinski definition) is 6. The van der Waals surface area contributed by atoms with Crippen molar-refractivity contribution >= 4 is 23.2 Å². The quantitative estimate of drug-likeness (QED) is 0.272. The summed E-state index contributed by atoms with van der Waals surface area (Å²) >= 11 is 0. The van der Waals surface area contributed by atoms with Crippen LogP contribution in [0.15, 0.2) is 53.1 Å². The van der Waals surface area contributed by atoms with Crippen LogP contribution in [0.2, 0.25) is 0 Å². The van der Waals surface area contributed by atoms with Crippen LogP contribution in [-0.2, 0) is 24.4 Å². The number of nitrogens with zero attached hydrogens (tertiary/aromatic N) is 1. The minimum Gasteiger partial charge on any atom is -0.489 e. The Labute approximate surface area is 200 Å². The van der Waals surface area contributed by atoms with Crippen LogP contribution in [-0.4, -0.2) is 22.3 Å². The van der Waals surface area contributed by atoms with Gasteiger partial charge in [-0.05, 0) is 48.7 Å². The maximum absolute atomic E-state index is 15.0. The largest absolute Gasteiger partial charge is 0.489 e. The van der Waals surface area contributed by atoms with Crippen molar-refractivity contribution in [3.63, 3.8) is 0 Å². The first-order valence-corrected chi connectivity index (χ1v) is 10.7. The van der Waals surface area contributed by atoms with E-state index in [1.54, 1.807) is 24.3 Å². The monoisotopic (exact) mass is 482 g/mol. The van der Waals surface area contributed by atoms with E-state index in [-0.39, 0.29) is 42.2 Å². The zero-order valence-electron chi connectivity index (χ0n) is 19.2. The molecule has 35 heavy (non-hydrogen) atoms. The van der Waals surface area contributed by atoms with Crippen LogP contribution < -0.4 is 10.5 Å². The molecule has 0 saturated heterocycles. The van der Waals surface area contributed by atoms with Gasteiger partial charge >= 0.3 is 0 Å². The molecule has 0 atom stereocenters. The lowest BCUT2D eigenvalue weighted by Gasteiger charge is -2.13. The molecule has 0 spiro atoms. The summed E-state index contributed by atoms with van der Waals surface area (Å²) in [6.45, 7) is 3.32. The van der Waals surface area contributed by atoms with Gasteiger partial charge in [0.25, 0.3) is 12.5 Å². The molecule has 0 aliphatic heterocycles. The lowest BCUT2D eigenvalue weighted by Crippen LogP contribution is -2.04. The van der Waals surface area contributed by atoms with Crippen molar-refractivity contribution in [2.45, 2.75) is 33.4 Å². The number of benzene rings is 2. The maximum atomic E-state index is 15.0. The van der Waals surface area contributed by atoms with Crippen molar-refractivity contribution in [3.05, 3.63) is 82.9 Å². The molecule has 2 aromatic heterocycles. The van der Waals surface area contributed by atoms with Gasteiger partial charge in [-0.2, -0.15) is 4.39 Å². The standard InChI is InChI=1S/C25H22F2N2O3.CH2O2/c1-3-16-4-5-17(14(2)30)10-22(16)31-13-15-8-18-11-23(26)32-25(18)20(9-15)19-6-7-29-21(12-28)24(19)27;2-1-3/h4-11H,3,12-13,28H2,1-2H3;1H,(H,2,3). The molecule has 0 fully saturated rings. The third-order valence-electron chi connectivity index (χ3n) is 5.34. The van der Waals surface area contributed by atoms with Crippen molar-refractivity contribution in [2.75, 3.05) is 0 Å². The topological polar surface area (TPSA) is 116 Å². The SMILES string of the molecule is CCc1ccc(C(C)=O)cc1OCc1cc(-c2ccnc(CN)c2F)c2oc(F)cc2c1.O=CO. The minimum atomic E-state index is -0.768. The van der Waals surface area contributed by atoms with E-state index in [1.807, 2.05) is 13.0 Å². The lowest BCUT2D eigenvalue weighted by molar-refractivity contribution is -0.122. The second-order valence-corrected chi connectivity index (χ2v) is 7.56. The van der Waals surface area contributed by atoms with Gasteiger partial charge < -0.3 is 20.0 Å². The van der Waals surface area contributed by atoms with Gasteiger partial charge in [0.15, 0.2) is 11.6 Å². The summed E-state index contributed by atoms with van der Waals surface area (Å²) in [4.78, 5) is 24.1. The van der Waals surface area contributed by atoms with Crippen molar-refractivity contribution in [1.82, 2.24) is 4.98 Å². The number of rotatable bonds is 7. The fourth-order valence-corrected chi connectivity index (χ4v) is 3.67. The molecule has 0 aliphatic rings. The molecule has 0 amide bonds. The van der Waals surface area contributed by atoms with Gasteiger partial charge in [-0.3, -0.25) is 14.6 Å². The molecule has 0 saturated carbocycles. The number of hydrogen-bond donors (Lipinski definition) is 2. The van der Waals surface area contributed by atoms with Crippen molar-refractivity contribution in [3.8, 4) is 16.9 Å². The molecule has 4 aromatic rings. The number of fused-ring (bicyclic) bond motifs is 1. The summed E-state index contributed by atoms with van der Waals surface area (Å²) in [6.07, 6.45) is 2.19. The molecule has 7 nitrogen and oxygen atoms in total. The number of nitrogens with two attached hydrogens (primary N) is 1. The zero-order chi connectivity index (χ0) is 25.5. The molecular formula is C26H24F2N2O5. The second kappa shape index (κ2) is 11.3. The Morgan fingerprint density at radius 2 is 1.91 bits per heavy atom. The number of furan rings is 1. The van der Waals surface area contributed by atoms with Gasteiger partial charge in [0, 0.05) is 40.9 Å². The number of halogens is 2. The van der Waals surface area contributed by atoms with Crippen LogP contribution in [0.25, 0.3) is 22.1 Å². The molecule has 0 unspecified atom stereocenters. The van der Waals surface area contributed by atoms with Gasteiger partial charge in [-0.25, -0.2) is 4.39 Å². The number of carbonyl (C=O) groups excluding carboxylic acids is 1. The van der Waals surface area contributed by atoms with E-state index in [0.717, 1.165) is 12.0 Å². The number of aromatic nitrogens is 1. The third kappa shape index (κ3) is 5.70. The Bertz CT molecular complexity index is 1370. The molecule has 0 radical (unpaired) electrons. The normalized spacial score (nSPS) is 10.5. The molecule has 4 rings (SSSR count). The van der Waals surface area contributed by atoms with Crippen molar-refractivity contribution in [1.29, 1.82) is 0 Å². The summed E-state index contributed by atoms with van der Waals surface area (Å²) < 4.78 is 40.1. The zero-order valence-corrected chi connectivity index (χ0v) is 19.2. The molecule has 2 heterocycles. The second-order valence-electron chi connectivity index (χ2n) is 7.56. The first-order chi connectivity index (χ1) is 16.8. The molecule has 9 heteroatoms. The lowest BCUT2D eigenvalue weighted by atomic mass is 10.00. The molecule has 182 valence electrons. The number of Topliss-reactive ketones (excluding diaryl/α,β-unsaturated/α-hetero) is 1. The molecule has 2 aromatic carbocycles. The van der Waals surface area contributed by atoms with E-state index in [0.29, 0.717) is 27.8 Å². The third-order valence-corrected chi connectivity index (χ3v) is 5.34. The number of aryl methyl sites for hydroxylation is 1. The van der Waals surface area contributed by atoms with Gasteiger partial charge in [-0.15, -0.1) is 0 Å². The number of ether oxygens (including phenoxy) is 1. The molecule has 0 bridgehead atoms. The number of ketones is 1. The summed E-state index contributed by atoms with van der Waals surface area (Å²) in [6, 6.07) is 10.8. The Hall–Kier alpha value is -4.11. The van der Waals surface area contributed by atoms with Crippen LogP contribution in [0, 0.1) is 11.8 Å². The molecule has 3 N–H and O–H groups in total. The fraction of sp³-hybridized carbons (Fsp3) is 0.192. The van der Waals surface area contributed by atoms with Crippen LogP contribution >= 0.6 is 0 Å². The number of carboxylic acid groups (broad SMARTS) is 1. The van der Waals surface area contributed by atoms with E-state index in [9.17, 15) is 13.6 Å². The highest BCUT2D eigenvalue weighted by Gasteiger charge is 2.18. The van der Waals surface area contributed by atoms with E-state index >= 15 is 0 Å². The predicted octanol–water partition coefficient (Wildman–Crippen LogP) is 5.28. The van der Waals surface area contributed by atoms with Gasteiger partial charge in [0.05, 0.1) is 5.69 Å². The van der Waals surface area contributed by atoms with Gasteiger partial charge in [-0.1, -0.05) is 19.1 Å². The minimum absolute atomic E-state index is 0.0565. The predicted molar refractivity (Wildman–Crippen MR) is 126 cm³/mol. The van der Waals surface area contributed by atoms with Crippen molar-refractivity contribution < 1.29 is 32.6 Å². The van der Waals surface area contributed by atoms with Crippen molar-refractivity contribution in [2.24, 2.45) is 5.73 Å². The number of carbonyl (C=O) groups is 2. The molecular weight excluding hydrogens is 458 g/mol. The van der Waals surface area contributed by atoms with E-state index < -0.39 is 11.8 Å². The van der Waals surface area contributed by atoms with E-state index in [2.05, 4.69) is 4.98 Å². The van der Waals surface area contributed by atoms with Crippen LogP contribution in [0.1, 0.15) is 41.0 Å². The fourth-order valence-electron chi connectivity index (χ4n) is 3.67. The first-order valence-electron chi connectivity index (χ1n) is 10.7. The average Bonchev–Trinajstić information content (AvgIpc) is 3.22. The number of pyridine rings is 1. The van der Waals surface area contributed by atoms with Crippen LogP contribution in [0.3, 0.4) is 0 Å². The maximum Gasteiger partial charge on any atom is 0.290 e. The van der Waals surface area contributed by atoms with E-state index in [1.165, 1.54) is 25.3 Å². The highest BCUT2D eigenvalue weighted by atomic mass is 19.1. The Morgan fingerprint density at radius 3 is 2.57 bits per heavy atom. The summed E-state index contributed by atoms with van der Waals surface area (Å²) in [7, 11) is 0. The average molecular weight is 482 g/mol. The smallest absolute Gasteiger partial charge is 0.290 e. The molecule has 0 aliphatic carbocycles. The highest BCUT2D eigenvalue weighted by Crippen LogP contribution is 2.34.